The zero-order valence-corrected chi connectivity index (χ0v) is 13.1. The fourth-order valence-electron chi connectivity index (χ4n) is 1.68. The highest BCUT2D eigenvalue weighted by molar-refractivity contribution is 7.89. The average Bonchev–Trinajstić information content (AvgIpc) is 2.94. The highest BCUT2D eigenvalue weighted by atomic mass is 35.5. The van der Waals surface area contributed by atoms with Crippen molar-refractivity contribution in [3.8, 4) is 0 Å². The van der Waals surface area contributed by atoms with Gasteiger partial charge in [-0.05, 0) is 43.2 Å². The molecule has 21 heavy (non-hydrogen) atoms. The molecule has 0 atom stereocenters. The molecule has 0 spiro atoms. The summed E-state index contributed by atoms with van der Waals surface area (Å²) in [6.45, 7) is 2.05. The minimum atomic E-state index is -3.71. The van der Waals surface area contributed by atoms with Crippen molar-refractivity contribution in [2.24, 2.45) is 0 Å². The number of halogens is 1. The lowest BCUT2D eigenvalue weighted by atomic mass is 10.2. The van der Waals surface area contributed by atoms with Crippen LogP contribution < -0.4 is 4.89 Å². The standard InChI is InChI=1S/C14H16ClNO4S/c1-11-6-7-13(10-14(11)15)21(17,18)16-20-9-3-5-12-4-2-8-19-12/h2,4,6-8,10,16H,3,5,9H2,1H3. The molecule has 2 aromatic rings. The van der Waals surface area contributed by atoms with E-state index in [9.17, 15) is 8.42 Å². The Morgan fingerprint density at radius 1 is 1.33 bits per heavy atom. The van der Waals surface area contributed by atoms with Gasteiger partial charge in [-0.15, -0.1) is 0 Å². The van der Waals surface area contributed by atoms with E-state index in [0.29, 0.717) is 17.9 Å². The maximum absolute atomic E-state index is 12.0. The lowest BCUT2D eigenvalue weighted by Crippen LogP contribution is -2.24. The molecule has 0 amide bonds. The van der Waals surface area contributed by atoms with Gasteiger partial charge in [-0.25, -0.2) is 8.42 Å². The minimum absolute atomic E-state index is 0.0733. The summed E-state index contributed by atoms with van der Waals surface area (Å²) in [6.07, 6.45) is 2.93. The van der Waals surface area contributed by atoms with Crippen molar-refractivity contribution in [1.29, 1.82) is 0 Å². The molecule has 1 heterocycles. The molecule has 1 aromatic carbocycles. The molecule has 0 aliphatic heterocycles. The van der Waals surface area contributed by atoms with E-state index in [2.05, 4.69) is 4.89 Å². The third kappa shape index (κ3) is 4.57. The van der Waals surface area contributed by atoms with Crippen LogP contribution in [0, 0.1) is 6.92 Å². The Labute approximate surface area is 128 Å². The molecule has 0 aliphatic rings. The fourth-order valence-corrected chi connectivity index (χ4v) is 2.78. The molecule has 2 rings (SSSR count). The molecule has 1 N–H and O–H groups in total. The fraction of sp³-hybridized carbons (Fsp3) is 0.286. The maximum atomic E-state index is 12.0. The Kier molecular flexibility index (Phi) is 5.41. The van der Waals surface area contributed by atoms with E-state index in [1.807, 2.05) is 6.07 Å². The normalized spacial score (nSPS) is 11.7. The van der Waals surface area contributed by atoms with Gasteiger partial charge in [0.2, 0.25) is 0 Å². The first-order valence-electron chi connectivity index (χ1n) is 6.41. The summed E-state index contributed by atoms with van der Waals surface area (Å²) in [5, 5.41) is 0.399. The molecular weight excluding hydrogens is 314 g/mol. The lowest BCUT2D eigenvalue weighted by molar-refractivity contribution is 0.0905. The summed E-state index contributed by atoms with van der Waals surface area (Å²) < 4.78 is 29.1. The summed E-state index contributed by atoms with van der Waals surface area (Å²) in [7, 11) is -3.71. The van der Waals surface area contributed by atoms with Crippen molar-refractivity contribution >= 4 is 21.6 Å². The van der Waals surface area contributed by atoms with Crippen LogP contribution in [-0.4, -0.2) is 15.0 Å². The number of furan rings is 1. The lowest BCUT2D eigenvalue weighted by Gasteiger charge is -2.08. The first-order valence-corrected chi connectivity index (χ1v) is 8.27. The predicted molar refractivity (Wildman–Crippen MR) is 79.5 cm³/mol. The second-order valence-corrected chi connectivity index (χ2v) is 6.58. The molecule has 7 heteroatoms. The number of hydrogen-bond donors (Lipinski definition) is 1. The summed E-state index contributed by atoms with van der Waals surface area (Å²) in [5.74, 6) is 0.840. The molecule has 0 saturated carbocycles. The van der Waals surface area contributed by atoms with Gasteiger partial charge in [-0.2, -0.15) is 0 Å². The quantitative estimate of drug-likeness (QED) is 0.626. The van der Waals surface area contributed by atoms with Gasteiger partial charge in [0.25, 0.3) is 10.0 Å². The average molecular weight is 330 g/mol. The summed E-state index contributed by atoms with van der Waals surface area (Å²) in [4.78, 5) is 7.16. The summed E-state index contributed by atoms with van der Waals surface area (Å²) in [6, 6.07) is 8.19. The third-order valence-corrected chi connectivity index (χ3v) is 4.49. The Morgan fingerprint density at radius 3 is 2.81 bits per heavy atom. The van der Waals surface area contributed by atoms with E-state index < -0.39 is 10.0 Å². The Morgan fingerprint density at radius 2 is 2.14 bits per heavy atom. The van der Waals surface area contributed by atoms with Crippen molar-refractivity contribution in [3.63, 3.8) is 0 Å². The van der Waals surface area contributed by atoms with Gasteiger partial charge in [0.05, 0.1) is 17.8 Å². The molecule has 0 saturated heterocycles. The van der Waals surface area contributed by atoms with E-state index in [4.69, 9.17) is 20.9 Å². The van der Waals surface area contributed by atoms with E-state index >= 15 is 0 Å². The van der Waals surface area contributed by atoms with Gasteiger partial charge in [-0.3, -0.25) is 4.84 Å². The topological polar surface area (TPSA) is 68.5 Å². The van der Waals surface area contributed by atoms with Crippen molar-refractivity contribution in [3.05, 3.63) is 52.9 Å². The van der Waals surface area contributed by atoms with Gasteiger partial charge < -0.3 is 4.42 Å². The molecule has 5 nitrogen and oxygen atoms in total. The van der Waals surface area contributed by atoms with Crippen LogP contribution in [0.3, 0.4) is 0 Å². The molecule has 1 aromatic heterocycles. The van der Waals surface area contributed by atoms with E-state index in [0.717, 1.165) is 11.3 Å². The van der Waals surface area contributed by atoms with E-state index in [1.54, 1.807) is 25.3 Å². The van der Waals surface area contributed by atoms with Crippen LogP contribution in [0.2, 0.25) is 5.02 Å². The van der Waals surface area contributed by atoms with E-state index in [-0.39, 0.29) is 11.5 Å². The Hall–Kier alpha value is -1.34. The van der Waals surface area contributed by atoms with Crippen molar-refractivity contribution in [2.75, 3.05) is 6.61 Å². The van der Waals surface area contributed by atoms with Crippen LogP contribution in [0.25, 0.3) is 0 Å². The Balaban J connectivity index is 1.82. The highest BCUT2D eigenvalue weighted by Crippen LogP contribution is 2.19. The van der Waals surface area contributed by atoms with Crippen LogP contribution >= 0.6 is 11.6 Å². The monoisotopic (exact) mass is 329 g/mol. The van der Waals surface area contributed by atoms with Crippen molar-refractivity contribution < 1.29 is 17.7 Å². The highest BCUT2D eigenvalue weighted by Gasteiger charge is 2.15. The maximum Gasteiger partial charge on any atom is 0.262 e. The molecule has 0 radical (unpaired) electrons. The van der Waals surface area contributed by atoms with Crippen LogP contribution in [0.15, 0.2) is 45.9 Å². The van der Waals surface area contributed by atoms with Gasteiger partial charge in [0.1, 0.15) is 5.76 Å². The minimum Gasteiger partial charge on any atom is -0.469 e. The number of aryl methyl sites for hydroxylation is 2. The summed E-state index contributed by atoms with van der Waals surface area (Å²) >= 11 is 5.92. The molecular formula is C14H16ClNO4S. The summed E-state index contributed by atoms with van der Waals surface area (Å²) in [5.41, 5.74) is 0.815. The number of rotatable bonds is 7. The number of sulfonamides is 1. The van der Waals surface area contributed by atoms with Crippen LogP contribution in [0.1, 0.15) is 17.7 Å². The van der Waals surface area contributed by atoms with Crippen molar-refractivity contribution in [2.45, 2.75) is 24.7 Å². The van der Waals surface area contributed by atoms with E-state index in [1.165, 1.54) is 12.1 Å². The second-order valence-electron chi connectivity index (χ2n) is 4.53. The number of benzene rings is 1. The van der Waals surface area contributed by atoms with Gasteiger partial charge >= 0.3 is 0 Å². The third-order valence-electron chi connectivity index (χ3n) is 2.87. The first kappa shape index (κ1) is 16.0. The molecule has 0 unspecified atom stereocenters. The predicted octanol–water partition coefficient (Wildman–Crippen LogP) is 3.08. The molecule has 0 fully saturated rings. The smallest absolute Gasteiger partial charge is 0.262 e. The van der Waals surface area contributed by atoms with Crippen molar-refractivity contribution in [1.82, 2.24) is 4.89 Å². The van der Waals surface area contributed by atoms with Crippen LogP contribution in [0.4, 0.5) is 0 Å². The van der Waals surface area contributed by atoms with Gasteiger partial charge in [0, 0.05) is 11.4 Å². The van der Waals surface area contributed by atoms with Crippen LogP contribution in [0.5, 0.6) is 0 Å². The SMILES string of the molecule is Cc1ccc(S(=O)(=O)NOCCCc2ccco2)cc1Cl. The molecule has 114 valence electrons. The second kappa shape index (κ2) is 7.09. The zero-order valence-electron chi connectivity index (χ0n) is 11.5. The molecule has 0 bridgehead atoms. The number of nitrogens with one attached hydrogen (secondary N) is 1. The van der Waals surface area contributed by atoms with Gasteiger partial charge in [0.15, 0.2) is 0 Å². The number of hydrogen-bond acceptors (Lipinski definition) is 4. The first-order chi connectivity index (χ1) is 9.99. The zero-order chi connectivity index (χ0) is 15.3. The largest absolute Gasteiger partial charge is 0.469 e. The van der Waals surface area contributed by atoms with Crippen LogP contribution in [-0.2, 0) is 21.3 Å². The molecule has 0 aliphatic carbocycles. The van der Waals surface area contributed by atoms with Gasteiger partial charge in [-0.1, -0.05) is 22.6 Å². The Bertz CT molecular complexity index is 683.